The Morgan fingerprint density at radius 2 is 0.719 bits per heavy atom. The van der Waals surface area contributed by atoms with Crippen molar-refractivity contribution in [1.29, 1.82) is 0 Å². The Kier molecular flexibility index (Phi) is 8.28. The molecule has 0 radical (unpaired) electrons. The van der Waals surface area contributed by atoms with Crippen LogP contribution in [0.3, 0.4) is 0 Å². The summed E-state index contributed by atoms with van der Waals surface area (Å²) < 4.78 is 5.22. The highest BCUT2D eigenvalue weighted by molar-refractivity contribution is 7.27. The summed E-state index contributed by atoms with van der Waals surface area (Å²) in [6.07, 6.45) is 0. The van der Waals surface area contributed by atoms with Gasteiger partial charge in [0.2, 0.25) is 0 Å². The fourth-order valence-corrected chi connectivity index (χ4v) is 10.9. The predicted octanol–water partition coefficient (Wildman–Crippen LogP) is 16.6. The molecular formula is C54H35NS2. The average molecular weight is 762 g/mol. The fourth-order valence-electron chi connectivity index (χ4n) is 8.42. The third-order valence-corrected chi connectivity index (χ3v) is 13.5. The number of thiophene rings is 2. The molecule has 0 atom stereocenters. The van der Waals surface area contributed by atoms with Gasteiger partial charge in [0.05, 0.1) is 5.69 Å². The molecule has 0 fully saturated rings. The van der Waals surface area contributed by atoms with Gasteiger partial charge in [-0.3, -0.25) is 0 Å². The first-order valence-corrected chi connectivity index (χ1v) is 21.0. The first-order chi connectivity index (χ1) is 28.3. The minimum atomic E-state index is 1.11. The molecule has 0 unspecified atom stereocenters. The van der Waals surface area contributed by atoms with Crippen molar-refractivity contribution in [1.82, 2.24) is 0 Å². The van der Waals surface area contributed by atoms with Crippen molar-refractivity contribution < 1.29 is 0 Å². The Morgan fingerprint density at radius 3 is 1.33 bits per heavy atom. The molecule has 0 saturated heterocycles. The predicted molar refractivity (Wildman–Crippen MR) is 249 cm³/mol. The van der Waals surface area contributed by atoms with Crippen LogP contribution in [0, 0.1) is 0 Å². The topological polar surface area (TPSA) is 3.24 Å². The highest BCUT2D eigenvalue weighted by atomic mass is 32.1. The molecule has 0 saturated carbocycles. The van der Waals surface area contributed by atoms with E-state index in [2.05, 4.69) is 217 Å². The van der Waals surface area contributed by atoms with Gasteiger partial charge in [-0.2, -0.15) is 0 Å². The summed E-state index contributed by atoms with van der Waals surface area (Å²) >= 11 is 3.78. The van der Waals surface area contributed by atoms with Crippen LogP contribution in [0.15, 0.2) is 212 Å². The Morgan fingerprint density at radius 1 is 0.281 bits per heavy atom. The second kappa shape index (κ2) is 14.1. The molecule has 11 aromatic rings. The molecule has 0 N–H and O–H groups in total. The monoisotopic (exact) mass is 761 g/mol. The maximum absolute atomic E-state index is 2.44. The summed E-state index contributed by atoms with van der Waals surface area (Å²) in [5, 5.41) is 5.17. The summed E-state index contributed by atoms with van der Waals surface area (Å²) in [5.74, 6) is 0. The van der Waals surface area contributed by atoms with Gasteiger partial charge in [0, 0.05) is 62.8 Å². The van der Waals surface area contributed by atoms with Crippen molar-refractivity contribution in [2.45, 2.75) is 0 Å². The van der Waals surface area contributed by atoms with Gasteiger partial charge < -0.3 is 4.90 Å². The lowest BCUT2D eigenvalue weighted by molar-refractivity contribution is 1.30. The molecule has 0 spiro atoms. The van der Waals surface area contributed by atoms with Gasteiger partial charge >= 0.3 is 0 Å². The Bertz CT molecular complexity index is 3130. The van der Waals surface area contributed by atoms with Crippen LogP contribution in [-0.2, 0) is 0 Å². The van der Waals surface area contributed by atoms with E-state index in [0.29, 0.717) is 0 Å². The smallest absolute Gasteiger partial charge is 0.0555 e. The molecule has 2 heterocycles. The first kappa shape index (κ1) is 33.5. The summed E-state index contributed by atoms with van der Waals surface area (Å²) in [7, 11) is 0. The van der Waals surface area contributed by atoms with Crippen LogP contribution >= 0.6 is 22.7 Å². The average Bonchev–Trinajstić information content (AvgIpc) is 3.87. The molecule has 2 aromatic heterocycles. The van der Waals surface area contributed by atoms with Gasteiger partial charge in [-0.1, -0.05) is 170 Å². The number of nitrogens with zero attached hydrogens (tertiary/aromatic N) is 1. The van der Waals surface area contributed by atoms with Crippen LogP contribution < -0.4 is 4.90 Å². The number of anilines is 3. The maximum Gasteiger partial charge on any atom is 0.0555 e. The van der Waals surface area contributed by atoms with E-state index in [1.807, 2.05) is 22.7 Å². The van der Waals surface area contributed by atoms with Crippen molar-refractivity contribution >= 4 is 80.1 Å². The Balaban J connectivity index is 1.13. The van der Waals surface area contributed by atoms with Gasteiger partial charge in [-0.25, -0.2) is 0 Å². The van der Waals surface area contributed by atoms with E-state index in [0.717, 1.165) is 17.1 Å². The molecule has 0 aliphatic carbocycles. The summed E-state index contributed by atoms with van der Waals surface area (Å²) in [4.78, 5) is 2.44. The highest BCUT2D eigenvalue weighted by Gasteiger charge is 2.23. The SMILES string of the molecule is c1ccc(-c2ccc(N(c3ccc(-c4ccccc4)cc3)c3ccc(-c4ccccc4-c4cccc5c4sc4ccccc45)c4sc5ccccc5c34)cc2)cc1. The normalized spacial score (nSPS) is 11.5. The van der Waals surface area contributed by atoms with Crippen LogP contribution in [0.1, 0.15) is 0 Å². The van der Waals surface area contributed by atoms with Gasteiger partial charge in [0.25, 0.3) is 0 Å². The van der Waals surface area contributed by atoms with Crippen molar-refractivity contribution in [3.8, 4) is 44.5 Å². The third kappa shape index (κ3) is 5.83. The summed E-state index contributed by atoms with van der Waals surface area (Å²) in [6.45, 7) is 0. The van der Waals surface area contributed by atoms with Crippen molar-refractivity contribution in [3.05, 3.63) is 212 Å². The first-order valence-electron chi connectivity index (χ1n) is 19.3. The van der Waals surface area contributed by atoms with Gasteiger partial charge in [0.1, 0.15) is 0 Å². The van der Waals surface area contributed by atoms with E-state index >= 15 is 0 Å². The second-order valence-corrected chi connectivity index (χ2v) is 16.5. The zero-order valence-corrected chi connectivity index (χ0v) is 32.6. The van der Waals surface area contributed by atoms with Crippen LogP contribution in [-0.4, -0.2) is 0 Å². The van der Waals surface area contributed by atoms with E-state index < -0.39 is 0 Å². The number of hydrogen-bond donors (Lipinski definition) is 0. The van der Waals surface area contributed by atoms with Crippen LogP contribution in [0.2, 0.25) is 0 Å². The van der Waals surface area contributed by atoms with Gasteiger partial charge in [0.15, 0.2) is 0 Å². The lowest BCUT2D eigenvalue weighted by Gasteiger charge is -2.27. The second-order valence-electron chi connectivity index (χ2n) is 14.4. The van der Waals surface area contributed by atoms with Crippen molar-refractivity contribution in [2.75, 3.05) is 4.90 Å². The Hall–Kier alpha value is -6.78. The van der Waals surface area contributed by atoms with Crippen molar-refractivity contribution in [2.24, 2.45) is 0 Å². The zero-order chi connectivity index (χ0) is 37.7. The minimum absolute atomic E-state index is 1.11. The number of rotatable bonds is 7. The van der Waals surface area contributed by atoms with Crippen molar-refractivity contribution in [3.63, 3.8) is 0 Å². The molecule has 0 aliphatic rings. The number of hydrogen-bond acceptors (Lipinski definition) is 3. The van der Waals surface area contributed by atoms with Crippen LogP contribution in [0.4, 0.5) is 17.1 Å². The van der Waals surface area contributed by atoms with E-state index in [-0.39, 0.29) is 0 Å². The van der Waals surface area contributed by atoms with Gasteiger partial charge in [-0.05, 0) is 75.8 Å². The largest absolute Gasteiger partial charge is 0.310 e. The third-order valence-electron chi connectivity index (χ3n) is 11.1. The van der Waals surface area contributed by atoms with Gasteiger partial charge in [-0.15, -0.1) is 22.7 Å². The fraction of sp³-hybridized carbons (Fsp3) is 0. The standard InChI is InChI=1S/C54H35NS2/c1-3-14-36(15-4-1)38-26-30-40(31-27-38)55(41-32-28-39(29-33-41)37-16-5-2-6-17-37)49-35-34-47(54-52(49)48-21-10-12-25-51(48)57-54)43-19-8-7-18-42(43)45-22-13-23-46-44-20-9-11-24-50(44)56-53(45)46/h1-35H. The lowest BCUT2D eigenvalue weighted by atomic mass is 9.92. The quantitative estimate of drug-likeness (QED) is 0.156. The summed E-state index contributed by atoms with van der Waals surface area (Å²) in [6, 6.07) is 77.5. The molecule has 0 aliphatic heterocycles. The highest BCUT2D eigenvalue weighted by Crippen LogP contribution is 2.50. The molecular weight excluding hydrogens is 727 g/mol. The Labute approximate surface area is 340 Å². The zero-order valence-electron chi connectivity index (χ0n) is 31.0. The molecule has 0 bridgehead atoms. The van der Waals surface area contributed by atoms with Crippen LogP contribution in [0.5, 0.6) is 0 Å². The van der Waals surface area contributed by atoms with E-state index in [1.165, 1.54) is 84.9 Å². The molecule has 11 rings (SSSR count). The van der Waals surface area contributed by atoms with E-state index in [4.69, 9.17) is 0 Å². The molecule has 9 aromatic carbocycles. The van der Waals surface area contributed by atoms with E-state index in [1.54, 1.807) is 0 Å². The number of benzene rings is 9. The van der Waals surface area contributed by atoms with E-state index in [9.17, 15) is 0 Å². The molecule has 3 heteroatoms. The summed E-state index contributed by atoms with van der Waals surface area (Å²) in [5.41, 5.74) is 13.2. The number of fused-ring (bicyclic) bond motifs is 6. The molecule has 0 amide bonds. The minimum Gasteiger partial charge on any atom is -0.310 e. The molecule has 57 heavy (non-hydrogen) atoms. The van der Waals surface area contributed by atoms with Crippen LogP contribution in [0.25, 0.3) is 84.9 Å². The molecule has 268 valence electrons. The maximum atomic E-state index is 2.44. The lowest BCUT2D eigenvalue weighted by Crippen LogP contribution is -2.10. The molecule has 1 nitrogen and oxygen atoms in total.